The third-order valence-corrected chi connectivity index (χ3v) is 3.98. The van der Waals surface area contributed by atoms with Gasteiger partial charge >= 0.3 is 0 Å². The van der Waals surface area contributed by atoms with Gasteiger partial charge in [0.25, 0.3) is 0 Å². The van der Waals surface area contributed by atoms with Crippen LogP contribution in [0, 0.1) is 0 Å². The number of hydrogen-bond donors (Lipinski definition) is 1. The second-order valence-electron chi connectivity index (χ2n) is 4.33. The van der Waals surface area contributed by atoms with Crippen LogP contribution in [0.5, 0.6) is 0 Å². The summed E-state index contributed by atoms with van der Waals surface area (Å²) < 4.78 is 0. The Bertz CT molecular complexity index is 306. The molecular formula is C13H20BrCl2N. The van der Waals surface area contributed by atoms with Crippen molar-refractivity contribution < 1.29 is 0 Å². The van der Waals surface area contributed by atoms with Crippen LogP contribution in [0.4, 0.5) is 0 Å². The molecule has 1 aromatic carbocycles. The number of alkyl halides is 2. The van der Waals surface area contributed by atoms with Crippen LogP contribution >= 0.6 is 40.2 Å². The zero-order valence-electron chi connectivity index (χ0n) is 10.2. The van der Waals surface area contributed by atoms with E-state index in [1.54, 1.807) is 0 Å². The molecule has 2 atom stereocenters. The second kappa shape index (κ2) is 7.63. The molecule has 0 aliphatic carbocycles. The molecule has 98 valence electrons. The molecule has 1 rings (SSSR count). The van der Waals surface area contributed by atoms with Gasteiger partial charge in [0.2, 0.25) is 0 Å². The number of aryl methyl sites for hydroxylation is 1. The lowest BCUT2D eigenvalue weighted by Crippen LogP contribution is -2.53. The molecule has 0 spiro atoms. The van der Waals surface area contributed by atoms with E-state index in [1.165, 1.54) is 5.56 Å². The Morgan fingerprint density at radius 3 is 2.00 bits per heavy atom. The van der Waals surface area contributed by atoms with E-state index in [2.05, 4.69) is 12.1 Å². The maximum absolute atomic E-state index is 6.27. The molecule has 0 aromatic heterocycles. The highest BCUT2D eigenvalue weighted by Gasteiger charge is 2.35. The van der Waals surface area contributed by atoms with Crippen LogP contribution in [0.3, 0.4) is 0 Å². The van der Waals surface area contributed by atoms with E-state index in [4.69, 9.17) is 28.9 Å². The predicted octanol–water partition coefficient (Wildman–Crippen LogP) is 4.15. The maximum atomic E-state index is 6.27. The molecule has 0 amide bonds. The molecule has 0 heterocycles. The van der Waals surface area contributed by atoms with Crippen LogP contribution in [-0.4, -0.2) is 16.3 Å². The molecule has 0 saturated carbocycles. The van der Waals surface area contributed by atoms with Gasteiger partial charge in [-0.05, 0) is 32.3 Å². The first kappa shape index (κ1) is 17.2. The molecule has 0 bridgehead atoms. The van der Waals surface area contributed by atoms with E-state index in [-0.39, 0.29) is 27.7 Å². The Morgan fingerprint density at radius 1 is 1.12 bits per heavy atom. The average Bonchev–Trinajstić information content (AvgIpc) is 2.26. The SMILES string of the molecule is Br.CC(Cl)C(N)(CCc1ccccc1)C(C)Cl. The molecule has 4 heteroatoms. The van der Waals surface area contributed by atoms with Gasteiger partial charge in [0.1, 0.15) is 0 Å². The van der Waals surface area contributed by atoms with Crippen LogP contribution in [0.15, 0.2) is 30.3 Å². The molecule has 0 aliphatic heterocycles. The van der Waals surface area contributed by atoms with E-state index in [1.807, 2.05) is 32.0 Å². The van der Waals surface area contributed by atoms with Crippen LogP contribution in [0.1, 0.15) is 25.8 Å². The van der Waals surface area contributed by atoms with Crippen molar-refractivity contribution in [3.8, 4) is 0 Å². The van der Waals surface area contributed by atoms with Crippen LogP contribution in [0.2, 0.25) is 0 Å². The van der Waals surface area contributed by atoms with Crippen LogP contribution in [-0.2, 0) is 6.42 Å². The zero-order valence-corrected chi connectivity index (χ0v) is 13.4. The molecule has 2 N–H and O–H groups in total. The topological polar surface area (TPSA) is 26.0 Å². The Kier molecular flexibility index (Phi) is 7.73. The van der Waals surface area contributed by atoms with Crippen molar-refractivity contribution in [2.24, 2.45) is 5.73 Å². The normalized spacial score (nSPS) is 17.7. The van der Waals surface area contributed by atoms with Gasteiger partial charge in [0.15, 0.2) is 0 Å². The lowest BCUT2D eigenvalue weighted by atomic mass is 9.86. The summed E-state index contributed by atoms with van der Waals surface area (Å²) in [6, 6.07) is 10.3. The van der Waals surface area contributed by atoms with E-state index < -0.39 is 5.54 Å². The first-order chi connectivity index (χ1) is 7.47. The molecule has 0 fully saturated rings. The van der Waals surface area contributed by atoms with Crippen molar-refractivity contribution in [2.75, 3.05) is 0 Å². The molecular weight excluding hydrogens is 321 g/mol. The Hall–Kier alpha value is 0.240. The molecule has 0 radical (unpaired) electrons. The average molecular weight is 341 g/mol. The van der Waals surface area contributed by atoms with E-state index in [0.29, 0.717) is 0 Å². The highest BCUT2D eigenvalue weighted by atomic mass is 79.9. The van der Waals surface area contributed by atoms with Crippen LogP contribution < -0.4 is 5.73 Å². The molecule has 17 heavy (non-hydrogen) atoms. The molecule has 0 saturated heterocycles. The molecule has 1 nitrogen and oxygen atoms in total. The van der Waals surface area contributed by atoms with Gasteiger partial charge in [-0.25, -0.2) is 0 Å². The molecule has 2 unspecified atom stereocenters. The minimum Gasteiger partial charge on any atom is -0.323 e. The first-order valence-electron chi connectivity index (χ1n) is 5.57. The second-order valence-corrected chi connectivity index (χ2v) is 5.64. The predicted molar refractivity (Wildman–Crippen MR) is 82.6 cm³/mol. The third kappa shape index (κ3) is 4.78. The quantitative estimate of drug-likeness (QED) is 0.800. The van der Waals surface area contributed by atoms with Gasteiger partial charge < -0.3 is 5.73 Å². The van der Waals surface area contributed by atoms with Gasteiger partial charge in [-0.2, -0.15) is 0 Å². The van der Waals surface area contributed by atoms with Crippen molar-refractivity contribution >= 4 is 40.2 Å². The zero-order chi connectivity index (χ0) is 12.2. The number of halogens is 3. The van der Waals surface area contributed by atoms with Gasteiger partial charge in [0.05, 0.1) is 10.8 Å². The van der Waals surface area contributed by atoms with Crippen molar-refractivity contribution in [1.82, 2.24) is 0 Å². The number of benzene rings is 1. The van der Waals surface area contributed by atoms with E-state index in [0.717, 1.165) is 12.8 Å². The summed E-state index contributed by atoms with van der Waals surface area (Å²) in [4.78, 5) is 0. The van der Waals surface area contributed by atoms with Gasteiger partial charge in [-0.3, -0.25) is 0 Å². The van der Waals surface area contributed by atoms with E-state index in [9.17, 15) is 0 Å². The number of hydrogen-bond acceptors (Lipinski definition) is 1. The third-order valence-electron chi connectivity index (χ3n) is 3.17. The first-order valence-corrected chi connectivity index (χ1v) is 6.45. The van der Waals surface area contributed by atoms with Gasteiger partial charge in [-0.1, -0.05) is 30.3 Å². The van der Waals surface area contributed by atoms with Crippen LogP contribution in [0.25, 0.3) is 0 Å². The summed E-state index contributed by atoms with van der Waals surface area (Å²) in [6.45, 7) is 3.82. The lowest BCUT2D eigenvalue weighted by Gasteiger charge is -2.35. The van der Waals surface area contributed by atoms with Gasteiger partial charge in [-0.15, -0.1) is 40.2 Å². The summed E-state index contributed by atoms with van der Waals surface area (Å²) in [7, 11) is 0. The van der Waals surface area contributed by atoms with Gasteiger partial charge in [0, 0.05) is 5.54 Å². The lowest BCUT2D eigenvalue weighted by molar-refractivity contribution is 0.379. The monoisotopic (exact) mass is 339 g/mol. The van der Waals surface area contributed by atoms with Crippen molar-refractivity contribution in [2.45, 2.75) is 43.0 Å². The fourth-order valence-electron chi connectivity index (χ4n) is 1.72. The maximum Gasteiger partial charge on any atom is 0.0502 e. The number of nitrogens with two attached hydrogens (primary N) is 1. The minimum atomic E-state index is -0.515. The fourth-order valence-corrected chi connectivity index (χ4v) is 2.38. The Morgan fingerprint density at radius 2 is 1.59 bits per heavy atom. The number of rotatable bonds is 5. The van der Waals surface area contributed by atoms with Crippen molar-refractivity contribution in [3.05, 3.63) is 35.9 Å². The fraction of sp³-hybridized carbons (Fsp3) is 0.538. The van der Waals surface area contributed by atoms with Crippen molar-refractivity contribution in [1.29, 1.82) is 0 Å². The molecule has 1 aromatic rings. The highest BCUT2D eigenvalue weighted by Crippen LogP contribution is 2.27. The molecule has 0 aliphatic rings. The largest absolute Gasteiger partial charge is 0.323 e. The minimum absolute atomic E-state index is 0. The Labute approximate surface area is 124 Å². The summed E-state index contributed by atoms with van der Waals surface area (Å²) in [6.07, 6.45) is 1.71. The van der Waals surface area contributed by atoms with Crippen molar-refractivity contribution in [3.63, 3.8) is 0 Å². The summed E-state index contributed by atoms with van der Waals surface area (Å²) in [5, 5.41) is -0.271. The standard InChI is InChI=1S/C13H19Cl2N.BrH/c1-10(14)13(16,11(2)15)9-8-12-6-4-3-5-7-12;/h3-7,10-11H,8-9,16H2,1-2H3;1H. The highest BCUT2D eigenvalue weighted by molar-refractivity contribution is 8.93. The summed E-state index contributed by atoms with van der Waals surface area (Å²) >= 11 is 12.3. The smallest absolute Gasteiger partial charge is 0.0502 e. The summed E-state index contributed by atoms with van der Waals surface area (Å²) in [5.74, 6) is 0. The van der Waals surface area contributed by atoms with E-state index >= 15 is 0 Å². The Balaban J connectivity index is 0.00000256. The summed E-state index contributed by atoms with van der Waals surface area (Å²) in [5.41, 5.74) is 7.02.